The van der Waals surface area contributed by atoms with E-state index in [-0.39, 0.29) is 17.1 Å². The van der Waals surface area contributed by atoms with Gasteiger partial charge in [0.1, 0.15) is 17.5 Å². The number of benzene rings is 3. The Labute approximate surface area is 176 Å². The summed E-state index contributed by atoms with van der Waals surface area (Å²) in [5.74, 6) is -3.31. The third kappa shape index (κ3) is 3.30. The van der Waals surface area contributed by atoms with Crippen LogP contribution in [0.3, 0.4) is 0 Å². The molecule has 4 nitrogen and oxygen atoms in total. The van der Waals surface area contributed by atoms with Crippen LogP contribution in [0.15, 0.2) is 60.7 Å². The van der Waals surface area contributed by atoms with Gasteiger partial charge >= 0.3 is 5.79 Å². The van der Waals surface area contributed by atoms with E-state index in [2.05, 4.69) is 0 Å². The molecule has 0 atom stereocenters. The molecule has 1 saturated heterocycles. The first-order chi connectivity index (χ1) is 15.0. The van der Waals surface area contributed by atoms with Crippen molar-refractivity contribution in [3.8, 4) is 11.5 Å². The summed E-state index contributed by atoms with van der Waals surface area (Å²) in [4.78, 5) is 14.4. The molecule has 1 fully saturated rings. The molecule has 31 heavy (non-hydrogen) atoms. The highest BCUT2D eigenvalue weighted by Crippen LogP contribution is 2.48. The number of amides is 1. The van der Waals surface area contributed by atoms with Crippen molar-refractivity contribution in [1.82, 2.24) is 4.90 Å². The summed E-state index contributed by atoms with van der Waals surface area (Å²) in [5.41, 5.74) is 0.771. The number of hydrogen-bond acceptors (Lipinski definition) is 3. The van der Waals surface area contributed by atoms with Crippen LogP contribution >= 0.6 is 0 Å². The molecule has 158 valence electrons. The fourth-order valence-electron chi connectivity index (χ4n) is 4.02. The van der Waals surface area contributed by atoms with Gasteiger partial charge in [-0.2, -0.15) is 0 Å². The summed E-state index contributed by atoms with van der Waals surface area (Å²) in [6.07, 6.45) is 1.77. The first kappa shape index (κ1) is 19.5. The molecule has 1 amide bonds. The van der Waals surface area contributed by atoms with Crippen LogP contribution in [0.1, 0.15) is 34.3 Å². The Bertz CT molecular complexity index is 1090. The molecule has 7 heteroatoms. The number of nitrogens with zero attached hydrogens (tertiary/aromatic N) is 1. The molecule has 0 radical (unpaired) electrons. The molecule has 0 bridgehead atoms. The van der Waals surface area contributed by atoms with Crippen LogP contribution in [0.5, 0.6) is 11.5 Å². The quantitative estimate of drug-likeness (QED) is 0.592. The monoisotopic (exact) mass is 425 g/mol. The van der Waals surface area contributed by atoms with E-state index in [0.29, 0.717) is 24.2 Å². The molecule has 5 rings (SSSR count). The van der Waals surface area contributed by atoms with Crippen LogP contribution in [0.25, 0.3) is 0 Å². The van der Waals surface area contributed by atoms with Gasteiger partial charge in [0.05, 0.1) is 5.56 Å². The van der Waals surface area contributed by atoms with Crippen molar-refractivity contribution in [3.63, 3.8) is 0 Å². The maximum Gasteiger partial charge on any atom is 0.305 e. The van der Waals surface area contributed by atoms with E-state index < -0.39 is 29.1 Å². The van der Waals surface area contributed by atoms with Crippen LogP contribution < -0.4 is 9.47 Å². The fraction of sp³-hybridized carbons (Fsp3) is 0.208. The first-order valence-corrected chi connectivity index (χ1v) is 9.99. The average Bonchev–Trinajstić information content (AvgIpc) is 3.42. The molecule has 3 aromatic rings. The van der Waals surface area contributed by atoms with E-state index in [0.717, 1.165) is 18.9 Å². The van der Waals surface area contributed by atoms with Crippen molar-refractivity contribution in [2.75, 3.05) is 13.1 Å². The highest BCUT2D eigenvalue weighted by Gasteiger charge is 2.46. The van der Waals surface area contributed by atoms with Gasteiger partial charge < -0.3 is 14.4 Å². The van der Waals surface area contributed by atoms with Gasteiger partial charge in [-0.15, -0.1) is 0 Å². The zero-order valence-corrected chi connectivity index (χ0v) is 16.4. The van der Waals surface area contributed by atoms with Gasteiger partial charge in [0.2, 0.25) is 0 Å². The number of rotatable bonds is 3. The molecule has 2 aliphatic heterocycles. The van der Waals surface area contributed by atoms with Crippen molar-refractivity contribution < 1.29 is 27.4 Å². The van der Waals surface area contributed by atoms with Crippen molar-refractivity contribution in [3.05, 3.63) is 94.8 Å². The van der Waals surface area contributed by atoms with Crippen molar-refractivity contribution in [2.24, 2.45) is 0 Å². The summed E-state index contributed by atoms with van der Waals surface area (Å²) >= 11 is 0. The molecule has 3 aromatic carbocycles. The number of fused-ring (bicyclic) bond motifs is 1. The van der Waals surface area contributed by atoms with Crippen LogP contribution in [-0.4, -0.2) is 23.9 Å². The second-order valence-electron chi connectivity index (χ2n) is 7.61. The van der Waals surface area contributed by atoms with Crippen LogP contribution in [0.4, 0.5) is 13.2 Å². The minimum Gasteiger partial charge on any atom is -0.440 e. The maximum atomic E-state index is 14.8. The van der Waals surface area contributed by atoms with Gasteiger partial charge in [-0.25, -0.2) is 13.2 Å². The van der Waals surface area contributed by atoms with Gasteiger partial charge in [0.25, 0.3) is 5.91 Å². The lowest BCUT2D eigenvalue weighted by Gasteiger charge is -2.28. The molecule has 0 aliphatic carbocycles. The van der Waals surface area contributed by atoms with E-state index in [1.54, 1.807) is 4.90 Å². The second kappa shape index (κ2) is 7.34. The summed E-state index contributed by atoms with van der Waals surface area (Å²) in [6.45, 7) is 1.17. The first-order valence-electron chi connectivity index (χ1n) is 9.99. The lowest BCUT2D eigenvalue weighted by molar-refractivity contribution is -0.0460. The minimum atomic E-state index is -1.58. The Morgan fingerprint density at radius 3 is 1.77 bits per heavy atom. The van der Waals surface area contributed by atoms with Crippen LogP contribution in [-0.2, 0) is 5.79 Å². The number of carbonyl (C=O) groups is 1. The summed E-state index contributed by atoms with van der Waals surface area (Å²) in [7, 11) is 0. The highest BCUT2D eigenvalue weighted by atomic mass is 19.1. The third-order valence-corrected chi connectivity index (χ3v) is 5.61. The number of ether oxygens (including phenoxy) is 2. The lowest BCUT2D eigenvalue weighted by Crippen LogP contribution is -2.36. The van der Waals surface area contributed by atoms with E-state index in [1.165, 1.54) is 54.6 Å². The summed E-state index contributed by atoms with van der Waals surface area (Å²) in [6, 6.07) is 13.4. The molecule has 0 aromatic heterocycles. The smallest absolute Gasteiger partial charge is 0.305 e. The number of halogens is 3. The van der Waals surface area contributed by atoms with E-state index in [4.69, 9.17) is 9.47 Å². The predicted molar refractivity (Wildman–Crippen MR) is 106 cm³/mol. The molecular formula is C24H18F3NO3. The molecule has 0 N–H and O–H groups in total. The minimum absolute atomic E-state index is 0.0988. The van der Waals surface area contributed by atoms with Crippen molar-refractivity contribution >= 4 is 5.91 Å². The average molecular weight is 425 g/mol. The molecule has 0 saturated carbocycles. The molecule has 0 spiro atoms. The SMILES string of the molecule is O=C(c1cc2c(cc1F)OC(c1ccc(F)cc1)(c1ccc(F)cc1)O2)N1CCCC1. The zero-order valence-electron chi connectivity index (χ0n) is 16.4. The van der Waals surface area contributed by atoms with Crippen LogP contribution in [0.2, 0.25) is 0 Å². The summed E-state index contributed by atoms with van der Waals surface area (Å²) < 4.78 is 54.1. The molecular weight excluding hydrogens is 407 g/mol. The third-order valence-electron chi connectivity index (χ3n) is 5.61. The maximum absolute atomic E-state index is 14.8. The van der Waals surface area contributed by atoms with Crippen molar-refractivity contribution in [2.45, 2.75) is 18.6 Å². The van der Waals surface area contributed by atoms with Gasteiger partial charge in [0, 0.05) is 30.3 Å². The largest absolute Gasteiger partial charge is 0.440 e. The van der Waals surface area contributed by atoms with Gasteiger partial charge in [0.15, 0.2) is 11.5 Å². The summed E-state index contributed by atoms with van der Waals surface area (Å²) in [5, 5.41) is 0. The van der Waals surface area contributed by atoms with Gasteiger partial charge in [-0.3, -0.25) is 4.79 Å². The number of carbonyl (C=O) groups excluding carboxylic acids is 1. The zero-order chi connectivity index (χ0) is 21.6. The van der Waals surface area contributed by atoms with E-state index >= 15 is 0 Å². The van der Waals surface area contributed by atoms with Gasteiger partial charge in [-0.1, -0.05) is 0 Å². The lowest BCUT2D eigenvalue weighted by atomic mass is 9.97. The van der Waals surface area contributed by atoms with Crippen LogP contribution in [0, 0.1) is 17.5 Å². The van der Waals surface area contributed by atoms with E-state index in [9.17, 15) is 18.0 Å². The number of hydrogen-bond donors (Lipinski definition) is 0. The normalized spacial score (nSPS) is 16.5. The fourth-order valence-corrected chi connectivity index (χ4v) is 4.02. The second-order valence-corrected chi connectivity index (χ2v) is 7.61. The standard InChI is InChI=1S/C24H18F3NO3/c25-17-7-3-15(4-8-17)24(16-5-9-18(26)10-6-16)30-21-13-19(20(27)14-22(21)31-24)23(29)28-11-1-2-12-28/h3-10,13-14H,1-2,11-12H2. The topological polar surface area (TPSA) is 38.8 Å². The molecule has 2 aliphatic rings. The van der Waals surface area contributed by atoms with Gasteiger partial charge in [-0.05, 0) is 67.4 Å². The Morgan fingerprint density at radius 2 is 1.26 bits per heavy atom. The Hall–Kier alpha value is -3.48. The predicted octanol–water partition coefficient (Wildman–Crippen LogP) is 5.01. The highest BCUT2D eigenvalue weighted by molar-refractivity contribution is 5.95. The van der Waals surface area contributed by atoms with E-state index in [1.807, 2.05) is 0 Å². The van der Waals surface area contributed by atoms with Crippen molar-refractivity contribution in [1.29, 1.82) is 0 Å². The molecule has 2 heterocycles. The number of likely N-dealkylation sites (tertiary alicyclic amines) is 1. The Morgan fingerprint density at radius 1 is 0.774 bits per heavy atom. The Balaban J connectivity index is 1.59. The Kier molecular flexibility index (Phi) is 4.61. The molecule has 0 unspecified atom stereocenters.